The molecule has 0 aromatic heterocycles. The van der Waals surface area contributed by atoms with Gasteiger partial charge >= 0.3 is 42.1 Å². The van der Waals surface area contributed by atoms with Gasteiger partial charge in [-0.1, -0.05) is 32.1 Å². The third-order valence-corrected chi connectivity index (χ3v) is 7.10. The number of carbonyl (C=O) groups is 4. The average Bonchev–Trinajstić information content (AvgIpc) is 2.75. The fourth-order valence-electron chi connectivity index (χ4n) is 4.57. The molecule has 224 valence electrons. The van der Waals surface area contributed by atoms with E-state index in [1.54, 1.807) is 0 Å². The maximum Gasteiger partial charge on any atom is 2.00 e. The van der Waals surface area contributed by atoms with E-state index < -0.39 is 29.3 Å². The molecule has 0 heterocycles. The predicted molar refractivity (Wildman–Crippen MR) is 122 cm³/mol. The molecule has 0 aromatic rings. The first-order valence-electron chi connectivity index (χ1n) is 12.8. The number of hydrogen-bond acceptors (Lipinski definition) is 12. The number of nitrogens with one attached hydrogen (secondary N) is 2. The van der Waals surface area contributed by atoms with Gasteiger partial charge in [-0.3, -0.25) is 0 Å². The van der Waals surface area contributed by atoms with Gasteiger partial charge in [0, 0.05) is 54.6 Å². The second-order valence-electron chi connectivity index (χ2n) is 9.77. The Hall–Kier alpha value is -0.903. The summed E-state index contributed by atoms with van der Waals surface area (Å²) in [4.78, 5) is 40.7. The van der Waals surface area contributed by atoms with E-state index in [9.17, 15) is 39.6 Å². The summed E-state index contributed by atoms with van der Waals surface area (Å²) in [7, 11) is 0. The summed E-state index contributed by atoms with van der Waals surface area (Å²) in [5.41, 5.74) is 10.1. The monoisotopic (exact) mass is 902 g/mol. The van der Waals surface area contributed by atoms with Crippen LogP contribution in [0, 0.1) is 5.41 Å². The molecule has 0 amide bonds. The maximum absolute atomic E-state index is 10.2. The number of nitrogens with two attached hydrogens (primary N) is 2. The van der Waals surface area contributed by atoms with E-state index in [-0.39, 0.29) is 79.9 Å². The fraction of sp³-hybridized carbons (Fsp3) is 0.833. The third-order valence-electron chi connectivity index (χ3n) is 7.10. The summed E-state index contributed by atoms with van der Waals surface area (Å²) < 4.78 is 0. The van der Waals surface area contributed by atoms with Gasteiger partial charge in [0.15, 0.2) is 0 Å². The van der Waals surface area contributed by atoms with Crippen molar-refractivity contribution in [3.8, 4) is 0 Å². The minimum atomic E-state index is -1.67. The molecule has 0 bridgehead atoms. The number of carbonyl (C=O) groups excluding carboxylic acids is 4. The SMILES string of the molecule is N[C@@H]1CCCC[C@H]1NCCC(=O)[O-].N[C@@H]1CCCC[C@H]1NCCC(=O)[O-].O=C([O-])C1(C(=O)[O-])CCC1.[Pt+2].[Pt+2]. The van der Waals surface area contributed by atoms with Gasteiger partial charge in [-0.05, 0) is 51.4 Å². The van der Waals surface area contributed by atoms with E-state index in [2.05, 4.69) is 10.6 Å². The molecule has 38 heavy (non-hydrogen) atoms. The molecular weight excluding hydrogens is 862 g/mol. The summed E-state index contributed by atoms with van der Waals surface area (Å²) in [6.45, 7) is 0.946. The standard InChI is InChI=1S/2C9H18N2O2.C6H8O4.2Pt/c2*10-7-3-1-2-4-8(7)11-6-5-9(12)13;7-4(8)6(5(9)10)2-1-3-6;;/h2*7-8,11H,1-6,10H2,(H,12,13);1-3H2,(H,7,8)(H,9,10);;/q;;;2*+2/p-4/t2*7-,8-;;;/m11.../s1. The molecule has 3 rings (SSSR count). The van der Waals surface area contributed by atoms with Crippen molar-refractivity contribution >= 4 is 23.9 Å². The molecular formula is C24H40N4O8Pt2. The zero-order valence-electron chi connectivity index (χ0n) is 21.5. The van der Waals surface area contributed by atoms with E-state index >= 15 is 0 Å². The van der Waals surface area contributed by atoms with Crippen LogP contribution < -0.4 is 42.5 Å². The topological polar surface area (TPSA) is 237 Å². The molecule has 0 radical (unpaired) electrons. The van der Waals surface area contributed by atoms with Gasteiger partial charge in [0.2, 0.25) is 0 Å². The van der Waals surface area contributed by atoms with E-state index in [0.717, 1.165) is 25.7 Å². The summed E-state index contributed by atoms with van der Waals surface area (Å²) in [5.74, 6) is -5.04. The second kappa shape index (κ2) is 20.9. The van der Waals surface area contributed by atoms with Crippen molar-refractivity contribution < 1.29 is 81.7 Å². The summed E-state index contributed by atoms with van der Waals surface area (Å²) in [5, 5.41) is 47.0. The Labute approximate surface area is 253 Å². The normalized spacial score (nSPS) is 25.2. The van der Waals surface area contributed by atoms with Crippen LogP contribution in [0.25, 0.3) is 0 Å². The molecule has 0 saturated heterocycles. The van der Waals surface area contributed by atoms with Gasteiger partial charge in [-0.2, -0.15) is 0 Å². The van der Waals surface area contributed by atoms with Crippen LogP contribution in [-0.4, -0.2) is 61.1 Å². The van der Waals surface area contributed by atoms with Gasteiger partial charge in [-0.15, -0.1) is 0 Å². The van der Waals surface area contributed by atoms with Crippen LogP contribution in [-0.2, 0) is 61.3 Å². The Morgan fingerprint density at radius 2 is 0.974 bits per heavy atom. The van der Waals surface area contributed by atoms with Crippen molar-refractivity contribution in [3.05, 3.63) is 0 Å². The molecule has 0 aromatic carbocycles. The van der Waals surface area contributed by atoms with Crippen LogP contribution >= 0.6 is 0 Å². The van der Waals surface area contributed by atoms with Crippen molar-refractivity contribution in [2.24, 2.45) is 16.9 Å². The molecule has 0 unspecified atom stereocenters. The Kier molecular flexibility index (Phi) is 21.6. The van der Waals surface area contributed by atoms with E-state index in [1.165, 1.54) is 25.7 Å². The van der Waals surface area contributed by atoms with E-state index in [0.29, 0.717) is 31.6 Å². The Bertz CT molecular complexity index is 674. The molecule has 3 saturated carbocycles. The van der Waals surface area contributed by atoms with Crippen LogP contribution in [0.15, 0.2) is 0 Å². The second-order valence-corrected chi connectivity index (χ2v) is 9.77. The van der Waals surface area contributed by atoms with Gasteiger partial charge in [0.25, 0.3) is 0 Å². The molecule has 3 aliphatic rings. The molecule has 6 N–H and O–H groups in total. The molecule has 3 fully saturated rings. The van der Waals surface area contributed by atoms with Gasteiger partial charge in [0.05, 0.1) is 11.9 Å². The summed E-state index contributed by atoms with van der Waals surface area (Å²) >= 11 is 0. The summed E-state index contributed by atoms with van der Waals surface area (Å²) in [6.07, 6.45) is 10.1. The van der Waals surface area contributed by atoms with Crippen molar-refractivity contribution in [3.63, 3.8) is 0 Å². The zero-order chi connectivity index (χ0) is 27.1. The first-order chi connectivity index (χ1) is 17.0. The average molecular weight is 903 g/mol. The minimum Gasteiger partial charge on any atom is -0.550 e. The maximum atomic E-state index is 10.2. The number of carboxylic acid groups (broad SMARTS) is 4. The van der Waals surface area contributed by atoms with Crippen LogP contribution in [0.2, 0.25) is 0 Å². The number of rotatable bonds is 10. The van der Waals surface area contributed by atoms with Crippen molar-refractivity contribution in [1.82, 2.24) is 10.6 Å². The Balaban J connectivity index is 0. The van der Waals surface area contributed by atoms with Gasteiger partial charge in [-0.25, -0.2) is 0 Å². The molecule has 12 nitrogen and oxygen atoms in total. The first-order valence-corrected chi connectivity index (χ1v) is 12.8. The molecule has 3 aliphatic carbocycles. The van der Waals surface area contributed by atoms with Gasteiger partial charge < -0.3 is 61.7 Å². The van der Waals surface area contributed by atoms with E-state index in [1.807, 2.05) is 0 Å². The van der Waals surface area contributed by atoms with Crippen molar-refractivity contribution in [1.29, 1.82) is 0 Å². The molecule has 0 spiro atoms. The Morgan fingerprint density at radius 1 is 0.632 bits per heavy atom. The smallest absolute Gasteiger partial charge is 0.550 e. The van der Waals surface area contributed by atoms with Crippen molar-refractivity contribution in [2.75, 3.05) is 13.1 Å². The quantitative estimate of drug-likeness (QED) is 0.152. The number of carboxylic acids is 4. The summed E-state index contributed by atoms with van der Waals surface area (Å²) in [6, 6.07) is 0.979. The third kappa shape index (κ3) is 14.5. The van der Waals surface area contributed by atoms with Crippen LogP contribution in [0.5, 0.6) is 0 Å². The fourth-order valence-corrected chi connectivity index (χ4v) is 4.57. The first kappa shape index (κ1) is 39.2. The zero-order valence-corrected chi connectivity index (χ0v) is 26.0. The molecule has 0 aliphatic heterocycles. The minimum absolute atomic E-state index is 0. The van der Waals surface area contributed by atoms with Crippen LogP contribution in [0.4, 0.5) is 0 Å². The van der Waals surface area contributed by atoms with Crippen LogP contribution in [0.3, 0.4) is 0 Å². The number of aliphatic carboxylic acids is 4. The van der Waals surface area contributed by atoms with E-state index in [4.69, 9.17) is 11.5 Å². The largest absolute Gasteiger partial charge is 2.00 e. The number of hydrogen-bond donors (Lipinski definition) is 4. The van der Waals surface area contributed by atoms with Crippen LogP contribution in [0.1, 0.15) is 83.5 Å². The molecule has 4 atom stereocenters. The van der Waals surface area contributed by atoms with Crippen molar-refractivity contribution in [2.45, 2.75) is 108 Å². The predicted octanol–water partition coefficient (Wildman–Crippen LogP) is -4.38. The van der Waals surface area contributed by atoms with Gasteiger partial charge in [0.1, 0.15) is 0 Å². The Morgan fingerprint density at radius 3 is 1.18 bits per heavy atom. The molecule has 14 heteroatoms.